The molecule has 0 aliphatic carbocycles. The fourth-order valence-electron chi connectivity index (χ4n) is 3.99. The Balaban J connectivity index is 1.67. The topological polar surface area (TPSA) is 53.2 Å². The van der Waals surface area contributed by atoms with Gasteiger partial charge in [0.2, 0.25) is 0 Å². The molecule has 162 valence electrons. The van der Waals surface area contributed by atoms with E-state index in [1.807, 2.05) is 56.3 Å². The molecule has 4 nitrogen and oxygen atoms in total. The number of benzene rings is 3. The predicted molar refractivity (Wildman–Crippen MR) is 130 cm³/mol. The average Bonchev–Trinajstić information content (AvgIpc) is 2.78. The van der Waals surface area contributed by atoms with Gasteiger partial charge in [-0.05, 0) is 73.2 Å². The summed E-state index contributed by atoms with van der Waals surface area (Å²) in [4.78, 5) is 30.9. The molecule has 4 rings (SSSR count). The molecular weight excluding hydrogens is 420 g/mol. The Morgan fingerprint density at radius 2 is 1.69 bits per heavy atom. The second kappa shape index (κ2) is 9.41. The molecule has 4 aromatic rings. The average molecular weight is 445 g/mol. The highest BCUT2D eigenvalue weighted by molar-refractivity contribution is 6.30. The lowest BCUT2D eigenvalue weighted by Gasteiger charge is -2.23. The van der Waals surface area contributed by atoms with Gasteiger partial charge in [0.25, 0.3) is 11.5 Å². The van der Waals surface area contributed by atoms with Crippen LogP contribution in [0.4, 0.5) is 0 Å². The number of nitrogens with zero attached hydrogens (tertiary/aromatic N) is 1. The van der Waals surface area contributed by atoms with E-state index in [-0.39, 0.29) is 18.0 Å². The highest BCUT2D eigenvalue weighted by Crippen LogP contribution is 2.19. The molecule has 1 aromatic heterocycles. The number of fused-ring (bicyclic) bond motifs is 1. The van der Waals surface area contributed by atoms with Crippen molar-refractivity contribution in [1.82, 2.24) is 9.88 Å². The van der Waals surface area contributed by atoms with Crippen molar-refractivity contribution in [3.8, 4) is 0 Å². The van der Waals surface area contributed by atoms with Crippen molar-refractivity contribution in [2.24, 2.45) is 0 Å². The lowest BCUT2D eigenvalue weighted by Crippen LogP contribution is -2.34. The van der Waals surface area contributed by atoms with Gasteiger partial charge in [0.05, 0.1) is 12.1 Å². The van der Waals surface area contributed by atoms with E-state index < -0.39 is 0 Å². The minimum Gasteiger partial charge on any atom is -0.334 e. The molecule has 0 aliphatic heterocycles. The summed E-state index contributed by atoms with van der Waals surface area (Å²) >= 11 is 6.00. The first-order valence-electron chi connectivity index (χ1n) is 10.6. The third-order valence-electron chi connectivity index (χ3n) is 5.62. The van der Waals surface area contributed by atoms with Gasteiger partial charge in [0, 0.05) is 22.7 Å². The Hall–Kier alpha value is -3.37. The zero-order valence-electron chi connectivity index (χ0n) is 18.2. The highest BCUT2D eigenvalue weighted by Gasteiger charge is 2.18. The van der Waals surface area contributed by atoms with Crippen LogP contribution in [0.15, 0.2) is 77.6 Å². The minimum absolute atomic E-state index is 0.127. The fraction of sp³-hybridized carbons (Fsp3) is 0.185. The number of aromatic nitrogens is 1. The molecule has 1 amide bonds. The molecule has 0 unspecified atom stereocenters. The van der Waals surface area contributed by atoms with E-state index in [2.05, 4.69) is 11.1 Å². The number of halogens is 1. The molecule has 1 N–H and O–H groups in total. The van der Waals surface area contributed by atoms with Gasteiger partial charge < -0.3 is 9.88 Å². The van der Waals surface area contributed by atoms with E-state index in [1.165, 1.54) is 0 Å². The molecule has 0 bridgehead atoms. The molecule has 1 heterocycles. The van der Waals surface area contributed by atoms with Crippen molar-refractivity contribution in [3.05, 3.63) is 116 Å². The smallest absolute Gasteiger partial charge is 0.254 e. The van der Waals surface area contributed by atoms with Crippen LogP contribution >= 0.6 is 11.6 Å². The van der Waals surface area contributed by atoms with Gasteiger partial charge in [0.15, 0.2) is 0 Å². The number of hydrogen-bond acceptors (Lipinski definition) is 2. The minimum atomic E-state index is -0.168. The SMILES string of the molecule is Cc1cc(C)c2[nH]c(=O)c(CN(CCc3ccccc3)C(=O)c3ccc(Cl)cc3)cc2c1. The standard InChI is InChI=1S/C27H25ClN2O2/c1-18-14-19(2)25-22(15-18)16-23(26(31)29-25)17-30(13-12-20-6-4-3-5-7-20)27(32)21-8-10-24(28)11-9-21/h3-11,14-16H,12-13,17H2,1-2H3,(H,29,31). The first-order chi connectivity index (χ1) is 15.4. The number of carbonyl (C=O) groups is 1. The highest BCUT2D eigenvalue weighted by atomic mass is 35.5. The monoisotopic (exact) mass is 444 g/mol. The van der Waals surface area contributed by atoms with E-state index in [0.717, 1.165) is 27.6 Å². The number of nitrogens with one attached hydrogen (secondary N) is 1. The van der Waals surface area contributed by atoms with Gasteiger partial charge in [-0.3, -0.25) is 9.59 Å². The quantitative estimate of drug-likeness (QED) is 0.415. The van der Waals surface area contributed by atoms with Gasteiger partial charge in [-0.15, -0.1) is 0 Å². The number of pyridine rings is 1. The lowest BCUT2D eigenvalue weighted by atomic mass is 10.0. The molecule has 0 saturated carbocycles. The van der Waals surface area contributed by atoms with Crippen molar-refractivity contribution in [2.75, 3.05) is 6.54 Å². The van der Waals surface area contributed by atoms with E-state index in [1.54, 1.807) is 29.2 Å². The van der Waals surface area contributed by atoms with Crippen LogP contribution in [0.25, 0.3) is 10.9 Å². The molecule has 0 spiro atoms. The zero-order valence-corrected chi connectivity index (χ0v) is 18.9. The summed E-state index contributed by atoms with van der Waals surface area (Å²) < 4.78 is 0. The van der Waals surface area contributed by atoms with Gasteiger partial charge in [-0.2, -0.15) is 0 Å². The number of H-pyrrole nitrogens is 1. The maximum Gasteiger partial charge on any atom is 0.254 e. The van der Waals surface area contributed by atoms with Crippen molar-refractivity contribution in [3.63, 3.8) is 0 Å². The van der Waals surface area contributed by atoms with E-state index in [9.17, 15) is 9.59 Å². The van der Waals surface area contributed by atoms with Gasteiger partial charge >= 0.3 is 0 Å². The second-order valence-electron chi connectivity index (χ2n) is 8.14. The molecule has 0 fully saturated rings. The number of carbonyl (C=O) groups excluding carboxylic acids is 1. The van der Waals surface area contributed by atoms with Crippen molar-refractivity contribution in [1.29, 1.82) is 0 Å². The lowest BCUT2D eigenvalue weighted by molar-refractivity contribution is 0.0744. The number of aromatic amines is 1. The van der Waals surface area contributed by atoms with Crippen LogP contribution in [0, 0.1) is 13.8 Å². The Bertz CT molecular complexity index is 1310. The number of aryl methyl sites for hydroxylation is 2. The molecule has 0 atom stereocenters. The van der Waals surface area contributed by atoms with Crippen LogP contribution in [0.5, 0.6) is 0 Å². The summed E-state index contributed by atoms with van der Waals surface area (Å²) in [7, 11) is 0. The van der Waals surface area contributed by atoms with Crippen molar-refractivity contribution < 1.29 is 4.79 Å². The van der Waals surface area contributed by atoms with Crippen LogP contribution in [-0.4, -0.2) is 22.3 Å². The third kappa shape index (κ3) is 4.92. The van der Waals surface area contributed by atoms with E-state index >= 15 is 0 Å². The molecule has 0 aliphatic rings. The Kier molecular flexibility index (Phi) is 6.42. The Morgan fingerprint density at radius 3 is 2.41 bits per heavy atom. The molecule has 5 heteroatoms. The summed E-state index contributed by atoms with van der Waals surface area (Å²) in [6.45, 7) is 4.75. The molecule has 3 aromatic carbocycles. The summed E-state index contributed by atoms with van der Waals surface area (Å²) in [5.41, 5.74) is 5.08. The van der Waals surface area contributed by atoms with Gasteiger partial charge in [0.1, 0.15) is 0 Å². The van der Waals surface area contributed by atoms with Crippen molar-refractivity contribution in [2.45, 2.75) is 26.8 Å². The van der Waals surface area contributed by atoms with Crippen LogP contribution < -0.4 is 5.56 Å². The molecular formula is C27H25ClN2O2. The summed E-state index contributed by atoms with van der Waals surface area (Å²) in [5.74, 6) is -0.127. The predicted octanol–water partition coefficient (Wildman–Crippen LogP) is 5.68. The number of amides is 1. The summed E-state index contributed by atoms with van der Waals surface area (Å²) in [6, 6.07) is 22.9. The molecule has 0 radical (unpaired) electrons. The third-order valence-corrected chi connectivity index (χ3v) is 5.88. The van der Waals surface area contributed by atoms with Crippen LogP contribution in [0.2, 0.25) is 5.02 Å². The Labute approximate surface area is 192 Å². The maximum absolute atomic E-state index is 13.3. The first kappa shape index (κ1) is 21.8. The number of hydrogen-bond donors (Lipinski definition) is 1. The van der Waals surface area contributed by atoms with Gasteiger partial charge in [-0.1, -0.05) is 53.6 Å². The van der Waals surface area contributed by atoms with E-state index in [4.69, 9.17) is 11.6 Å². The zero-order chi connectivity index (χ0) is 22.7. The first-order valence-corrected chi connectivity index (χ1v) is 11.0. The van der Waals surface area contributed by atoms with Crippen LogP contribution in [0.3, 0.4) is 0 Å². The summed E-state index contributed by atoms with van der Waals surface area (Å²) in [6.07, 6.45) is 0.698. The normalized spacial score (nSPS) is 11.0. The van der Waals surface area contributed by atoms with Crippen LogP contribution in [-0.2, 0) is 13.0 Å². The molecule has 0 saturated heterocycles. The Morgan fingerprint density at radius 1 is 0.969 bits per heavy atom. The van der Waals surface area contributed by atoms with Gasteiger partial charge in [-0.25, -0.2) is 0 Å². The molecule has 32 heavy (non-hydrogen) atoms. The maximum atomic E-state index is 13.3. The fourth-order valence-corrected chi connectivity index (χ4v) is 4.12. The van der Waals surface area contributed by atoms with E-state index in [0.29, 0.717) is 29.1 Å². The second-order valence-corrected chi connectivity index (χ2v) is 8.58. The largest absolute Gasteiger partial charge is 0.334 e. The number of rotatable bonds is 6. The van der Waals surface area contributed by atoms with Crippen molar-refractivity contribution >= 4 is 28.4 Å². The van der Waals surface area contributed by atoms with Crippen LogP contribution in [0.1, 0.15) is 32.6 Å². The summed E-state index contributed by atoms with van der Waals surface area (Å²) in [5, 5.41) is 1.55.